The molecule has 2 aromatic carbocycles. The van der Waals surface area contributed by atoms with Gasteiger partial charge in [0.05, 0.1) is 18.8 Å². The average Bonchev–Trinajstić information content (AvgIpc) is 2.95. The summed E-state index contributed by atoms with van der Waals surface area (Å²) >= 11 is 0. The first-order valence-corrected chi connectivity index (χ1v) is 11.6. The monoisotopic (exact) mass is 440 g/mol. The number of para-hydroxylation sites is 1. The molecule has 2 N–H and O–H groups in total. The van der Waals surface area contributed by atoms with Gasteiger partial charge in [-0.15, -0.1) is 0 Å². The van der Waals surface area contributed by atoms with Crippen molar-refractivity contribution in [2.45, 2.75) is 37.9 Å². The fraction of sp³-hybridized carbons (Fsp3) is 0.538. The lowest BCUT2D eigenvalue weighted by molar-refractivity contribution is -0.0742. The van der Waals surface area contributed by atoms with E-state index in [0.29, 0.717) is 39.1 Å². The predicted molar refractivity (Wildman–Crippen MR) is 126 cm³/mol. The maximum absolute atomic E-state index is 11.3. The van der Waals surface area contributed by atoms with Crippen molar-refractivity contribution in [3.05, 3.63) is 59.7 Å². The summed E-state index contributed by atoms with van der Waals surface area (Å²) in [4.78, 5) is 4.50. The Hall–Kier alpha value is -2.12. The second kappa shape index (κ2) is 9.79. The van der Waals surface area contributed by atoms with Crippen molar-refractivity contribution < 1.29 is 19.7 Å². The average molecular weight is 441 g/mol. The highest BCUT2D eigenvalue weighted by atomic mass is 16.5. The summed E-state index contributed by atoms with van der Waals surface area (Å²) in [5.41, 5.74) is 1.76. The van der Waals surface area contributed by atoms with Gasteiger partial charge in [0.15, 0.2) is 0 Å². The number of β-amino-alcohol motifs (C(OH)–C–C–N with tert-alkyl or cyclic N) is 2. The van der Waals surface area contributed by atoms with E-state index in [2.05, 4.69) is 41.0 Å². The number of aliphatic hydroxyl groups is 2. The molecule has 0 amide bonds. The Balaban J connectivity index is 1.34. The molecule has 32 heavy (non-hydrogen) atoms. The lowest BCUT2D eigenvalue weighted by Gasteiger charge is -2.42. The van der Waals surface area contributed by atoms with E-state index in [1.54, 1.807) is 0 Å². The van der Waals surface area contributed by atoms with Crippen LogP contribution in [0.2, 0.25) is 0 Å². The normalized spacial score (nSPS) is 24.2. The van der Waals surface area contributed by atoms with Gasteiger partial charge in [-0.1, -0.05) is 30.3 Å². The van der Waals surface area contributed by atoms with Crippen LogP contribution in [-0.2, 0) is 4.74 Å². The van der Waals surface area contributed by atoms with Gasteiger partial charge in [0.25, 0.3) is 0 Å². The zero-order valence-electron chi connectivity index (χ0n) is 19.3. The molecule has 6 nitrogen and oxygen atoms in total. The van der Waals surface area contributed by atoms with E-state index < -0.39 is 11.2 Å². The van der Waals surface area contributed by atoms with Crippen LogP contribution in [-0.4, -0.2) is 78.9 Å². The number of piperidine rings is 1. The molecule has 0 aliphatic carbocycles. The summed E-state index contributed by atoms with van der Waals surface area (Å²) in [6.45, 7) is 8.37. The van der Waals surface area contributed by atoms with E-state index in [9.17, 15) is 10.2 Å². The Labute approximate surface area is 191 Å². The first-order valence-electron chi connectivity index (χ1n) is 11.6. The fourth-order valence-corrected chi connectivity index (χ4v) is 4.80. The summed E-state index contributed by atoms with van der Waals surface area (Å²) in [6.07, 6.45) is 1.41. The summed E-state index contributed by atoms with van der Waals surface area (Å²) in [5.74, 6) is 0.747. The summed E-state index contributed by atoms with van der Waals surface area (Å²) in [5, 5.41) is 22.5. The molecule has 0 radical (unpaired) electrons. The van der Waals surface area contributed by atoms with Gasteiger partial charge in [0.1, 0.15) is 18.0 Å². The summed E-state index contributed by atoms with van der Waals surface area (Å²) in [6, 6.07) is 16.2. The topological polar surface area (TPSA) is 65.4 Å². The molecule has 0 saturated carbocycles. The first-order chi connectivity index (χ1) is 15.3. The van der Waals surface area contributed by atoms with Crippen LogP contribution in [0.4, 0.5) is 5.69 Å². The molecule has 0 aromatic heterocycles. The van der Waals surface area contributed by atoms with Gasteiger partial charge in [0, 0.05) is 38.4 Å². The van der Waals surface area contributed by atoms with Gasteiger partial charge in [-0.05, 0) is 56.0 Å². The fourth-order valence-electron chi connectivity index (χ4n) is 4.80. The second-order valence-corrected chi connectivity index (χ2v) is 9.59. The van der Waals surface area contributed by atoms with Gasteiger partial charge in [0.2, 0.25) is 0 Å². The van der Waals surface area contributed by atoms with Crippen LogP contribution in [0.25, 0.3) is 0 Å². The van der Waals surface area contributed by atoms with E-state index >= 15 is 0 Å². The maximum atomic E-state index is 11.3. The van der Waals surface area contributed by atoms with Crippen molar-refractivity contribution >= 4 is 5.69 Å². The van der Waals surface area contributed by atoms with Crippen LogP contribution in [0.3, 0.4) is 0 Å². The largest absolute Gasteiger partial charge is 0.490 e. The minimum absolute atomic E-state index is 0.159. The van der Waals surface area contributed by atoms with E-state index in [1.165, 1.54) is 11.3 Å². The number of benzene rings is 2. The van der Waals surface area contributed by atoms with Crippen molar-refractivity contribution in [1.82, 2.24) is 4.90 Å². The van der Waals surface area contributed by atoms with Gasteiger partial charge >= 0.3 is 0 Å². The number of hydrogen-bond acceptors (Lipinski definition) is 6. The Morgan fingerprint density at radius 2 is 1.75 bits per heavy atom. The molecule has 2 fully saturated rings. The van der Waals surface area contributed by atoms with Crippen LogP contribution in [0.1, 0.15) is 24.0 Å². The number of hydrogen-bond donors (Lipinski definition) is 2. The molecule has 174 valence electrons. The van der Waals surface area contributed by atoms with Gasteiger partial charge < -0.3 is 24.6 Å². The summed E-state index contributed by atoms with van der Waals surface area (Å²) in [7, 11) is 0. The van der Waals surface area contributed by atoms with Crippen molar-refractivity contribution in [1.29, 1.82) is 0 Å². The van der Waals surface area contributed by atoms with Crippen LogP contribution >= 0.6 is 0 Å². The molecule has 4 rings (SSSR count). The SMILES string of the molecule is Cc1cccc(OC[C@]2(O)COCCN(CC3(O)CCN(c4ccccc4C)CC3)C2)c1. The quantitative estimate of drug-likeness (QED) is 0.720. The number of nitrogens with zero attached hydrogens (tertiary/aromatic N) is 2. The Bertz CT molecular complexity index is 897. The molecule has 0 spiro atoms. The van der Waals surface area contributed by atoms with Crippen LogP contribution < -0.4 is 9.64 Å². The third kappa shape index (κ3) is 5.81. The number of rotatable bonds is 6. The van der Waals surface area contributed by atoms with E-state index in [4.69, 9.17) is 9.47 Å². The molecule has 2 aromatic rings. The van der Waals surface area contributed by atoms with Crippen molar-refractivity contribution in [3.63, 3.8) is 0 Å². The molecule has 2 saturated heterocycles. The third-order valence-corrected chi connectivity index (χ3v) is 6.61. The third-order valence-electron chi connectivity index (χ3n) is 6.61. The molecular weight excluding hydrogens is 404 g/mol. The van der Waals surface area contributed by atoms with E-state index in [1.807, 2.05) is 31.2 Å². The number of ether oxygens (including phenoxy) is 2. The molecule has 2 aliphatic rings. The van der Waals surface area contributed by atoms with Crippen LogP contribution in [0, 0.1) is 13.8 Å². The molecule has 1 atom stereocenters. The minimum Gasteiger partial charge on any atom is -0.490 e. The Morgan fingerprint density at radius 1 is 0.969 bits per heavy atom. The zero-order chi connectivity index (χ0) is 22.6. The van der Waals surface area contributed by atoms with Crippen molar-refractivity contribution in [3.8, 4) is 5.75 Å². The molecule has 0 bridgehead atoms. The minimum atomic E-state index is -1.11. The molecule has 2 heterocycles. The standard InChI is InChI=1S/C26H36N2O4/c1-21-6-5-8-23(16-21)32-20-26(30)18-27(14-15-31-19-26)17-25(29)10-12-28(13-11-25)24-9-4-3-7-22(24)2/h3-9,16,29-30H,10-15,17-20H2,1-2H3/t26-/m1/s1. The maximum Gasteiger partial charge on any atom is 0.134 e. The number of aryl methyl sites for hydroxylation is 2. The van der Waals surface area contributed by atoms with Crippen LogP contribution in [0.5, 0.6) is 5.75 Å². The lowest BCUT2D eigenvalue weighted by Crippen LogP contribution is -2.55. The highest BCUT2D eigenvalue weighted by Gasteiger charge is 2.39. The van der Waals surface area contributed by atoms with Gasteiger partial charge in [-0.25, -0.2) is 0 Å². The Morgan fingerprint density at radius 3 is 2.50 bits per heavy atom. The molecule has 6 heteroatoms. The smallest absolute Gasteiger partial charge is 0.134 e. The molecule has 0 unspecified atom stereocenters. The predicted octanol–water partition coefficient (Wildman–Crippen LogP) is 2.78. The lowest BCUT2D eigenvalue weighted by atomic mass is 9.89. The molecule has 2 aliphatic heterocycles. The van der Waals surface area contributed by atoms with Crippen molar-refractivity contribution in [2.24, 2.45) is 0 Å². The number of anilines is 1. The highest BCUT2D eigenvalue weighted by molar-refractivity contribution is 5.53. The van der Waals surface area contributed by atoms with Crippen molar-refractivity contribution in [2.75, 3.05) is 57.4 Å². The van der Waals surface area contributed by atoms with E-state index in [-0.39, 0.29) is 13.2 Å². The summed E-state index contributed by atoms with van der Waals surface area (Å²) < 4.78 is 11.6. The Kier molecular flexibility index (Phi) is 7.05. The zero-order valence-corrected chi connectivity index (χ0v) is 19.3. The van der Waals surface area contributed by atoms with Crippen LogP contribution in [0.15, 0.2) is 48.5 Å². The highest BCUT2D eigenvalue weighted by Crippen LogP contribution is 2.29. The van der Waals surface area contributed by atoms with E-state index in [0.717, 1.165) is 24.4 Å². The van der Waals surface area contributed by atoms with Gasteiger partial charge in [-0.2, -0.15) is 0 Å². The van der Waals surface area contributed by atoms with Gasteiger partial charge in [-0.3, -0.25) is 4.90 Å². The first kappa shape index (κ1) is 23.1. The second-order valence-electron chi connectivity index (χ2n) is 9.59. The molecular formula is C26H36N2O4.